The molecule has 6 nitrogen and oxygen atoms in total. The van der Waals surface area contributed by atoms with Gasteiger partial charge in [0.25, 0.3) is 0 Å². The van der Waals surface area contributed by atoms with Crippen LogP contribution < -0.4 is 10.6 Å². The first-order valence-corrected chi connectivity index (χ1v) is 11.7. The summed E-state index contributed by atoms with van der Waals surface area (Å²) in [5.74, 6) is 3.07. The Morgan fingerprint density at radius 2 is 2.07 bits per heavy atom. The van der Waals surface area contributed by atoms with Gasteiger partial charge < -0.3 is 15.1 Å². The molecule has 1 saturated carbocycles. The molecule has 5 rings (SSSR count). The normalized spacial score (nSPS) is 21.6. The minimum absolute atomic E-state index is 0.312. The minimum Gasteiger partial charge on any atom is -0.444 e. The summed E-state index contributed by atoms with van der Waals surface area (Å²) in [7, 11) is -0.450. The third-order valence-electron chi connectivity index (χ3n) is 5.51. The summed E-state index contributed by atoms with van der Waals surface area (Å²) < 4.78 is 16.8. The average Bonchev–Trinajstić information content (AvgIpc) is 3.06. The van der Waals surface area contributed by atoms with Crippen LogP contribution in [0.5, 0.6) is 0 Å². The van der Waals surface area contributed by atoms with Crippen LogP contribution in [0.4, 0.5) is 5.82 Å². The number of anilines is 1. The van der Waals surface area contributed by atoms with Crippen molar-refractivity contribution in [1.29, 1.82) is 5.26 Å². The first kappa shape index (κ1) is 18.9. The first-order valence-electron chi connectivity index (χ1n) is 9.39. The van der Waals surface area contributed by atoms with Crippen LogP contribution in [-0.4, -0.2) is 39.8 Å². The molecule has 0 amide bonds. The Hall–Kier alpha value is -1.43. The Bertz CT molecular complexity index is 887. The number of nitrogens with one attached hydrogen (secondary N) is 2. The number of rotatable bonds is 2. The molecule has 8 heteroatoms. The van der Waals surface area contributed by atoms with Gasteiger partial charge in [0.15, 0.2) is 5.58 Å². The molecular weight excluding hydrogens is 428 g/mol. The molecule has 0 atom stereocenters. The SMILES string of the molecule is N#Cc1cc2c(Br)c(NC3CCCCC3)ncc2o1.O=S1CC2(CNC2)C1. The number of hydrogen-bond donors (Lipinski definition) is 2. The molecule has 1 aliphatic carbocycles. The molecule has 0 aromatic carbocycles. The molecule has 2 saturated heterocycles. The topological polar surface area (TPSA) is 91.0 Å². The van der Waals surface area contributed by atoms with E-state index in [0.29, 0.717) is 22.8 Å². The zero-order chi connectivity index (χ0) is 18.9. The van der Waals surface area contributed by atoms with Crippen LogP contribution in [0.25, 0.3) is 11.0 Å². The molecular formula is C19H23BrN4O2S. The molecule has 0 unspecified atom stereocenters. The maximum atomic E-state index is 10.6. The Labute approximate surface area is 169 Å². The van der Waals surface area contributed by atoms with Crippen molar-refractivity contribution in [3.63, 3.8) is 0 Å². The Kier molecular flexibility index (Phi) is 5.53. The van der Waals surface area contributed by atoms with E-state index in [4.69, 9.17) is 9.68 Å². The molecule has 2 aromatic heterocycles. The smallest absolute Gasteiger partial charge is 0.204 e. The van der Waals surface area contributed by atoms with E-state index in [1.165, 1.54) is 32.1 Å². The van der Waals surface area contributed by atoms with Gasteiger partial charge in [0.05, 0.1) is 10.7 Å². The Balaban J connectivity index is 0.000000186. The van der Waals surface area contributed by atoms with Gasteiger partial charge in [-0.1, -0.05) is 19.3 Å². The first-order chi connectivity index (χ1) is 13.1. The number of halogens is 1. The van der Waals surface area contributed by atoms with Crippen molar-refractivity contribution in [2.75, 3.05) is 29.9 Å². The maximum absolute atomic E-state index is 10.6. The lowest BCUT2D eigenvalue weighted by atomic mass is 9.85. The number of pyridine rings is 1. The van der Waals surface area contributed by atoms with E-state index in [2.05, 4.69) is 31.5 Å². The molecule has 2 N–H and O–H groups in total. The van der Waals surface area contributed by atoms with Gasteiger partial charge in [-0.05, 0) is 28.8 Å². The predicted octanol–water partition coefficient (Wildman–Crippen LogP) is 3.54. The van der Waals surface area contributed by atoms with Gasteiger partial charge in [0.1, 0.15) is 11.9 Å². The zero-order valence-corrected chi connectivity index (χ0v) is 17.5. The lowest BCUT2D eigenvalue weighted by molar-refractivity contribution is 0.216. The Morgan fingerprint density at radius 1 is 1.33 bits per heavy atom. The van der Waals surface area contributed by atoms with E-state index in [1.807, 2.05) is 6.07 Å². The van der Waals surface area contributed by atoms with E-state index in [1.54, 1.807) is 12.3 Å². The van der Waals surface area contributed by atoms with E-state index in [-0.39, 0.29) is 0 Å². The van der Waals surface area contributed by atoms with Crippen LogP contribution in [0.1, 0.15) is 37.9 Å². The molecule has 144 valence electrons. The van der Waals surface area contributed by atoms with Crippen LogP contribution in [0.2, 0.25) is 0 Å². The summed E-state index contributed by atoms with van der Waals surface area (Å²) in [6.07, 6.45) is 7.96. The van der Waals surface area contributed by atoms with Crippen LogP contribution >= 0.6 is 15.9 Å². The van der Waals surface area contributed by atoms with Crippen molar-refractivity contribution in [2.45, 2.75) is 38.1 Å². The second kappa shape index (κ2) is 7.90. The highest BCUT2D eigenvalue weighted by Crippen LogP contribution is 2.34. The molecule has 2 aliphatic heterocycles. The van der Waals surface area contributed by atoms with Gasteiger partial charge >= 0.3 is 0 Å². The summed E-state index contributed by atoms with van der Waals surface area (Å²) in [5, 5.41) is 16.4. The third kappa shape index (κ3) is 4.05. The largest absolute Gasteiger partial charge is 0.444 e. The van der Waals surface area contributed by atoms with Gasteiger partial charge in [0.2, 0.25) is 5.76 Å². The maximum Gasteiger partial charge on any atom is 0.204 e. The highest BCUT2D eigenvalue weighted by molar-refractivity contribution is 9.10. The predicted molar refractivity (Wildman–Crippen MR) is 110 cm³/mol. The molecule has 2 aromatic rings. The molecule has 0 bridgehead atoms. The summed E-state index contributed by atoms with van der Waals surface area (Å²) in [4.78, 5) is 4.39. The number of hydrogen-bond acceptors (Lipinski definition) is 6. The molecule has 3 fully saturated rings. The van der Waals surface area contributed by atoms with Crippen molar-refractivity contribution < 1.29 is 8.63 Å². The molecule has 27 heavy (non-hydrogen) atoms. The van der Waals surface area contributed by atoms with Crippen molar-refractivity contribution in [1.82, 2.24) is 10.3 Å². The third-order valence-corrected chi connectivity index (χ3v) is 8.18. The zero-order valence-electron chi connectivity index (χ0n) is 15.1. The van der Waals surface area contributed by atoms with Crippen LogP contribution in [0.3, 0.4) is 0 Å². The molecule has 4 heterocycles. The fraction of sp³-hybridized carbons (Fsp3) is 0.579. The molecule has 3 aliphatic rings. The number of furan rings is 1. The van der Waals surface area contributed by atoms with E-state index in [0.717, 1.165) is 40.3 Å². The van der Waals surface area contributed by atoms with Gasteiger partial charge in [0, 0.05) is 58.3 Å². The second-order valence-corrected chi connectivity index (χ2v) is 9.98. The summed E-state index contributed by atoms with van der Waals surface area (Å²) in [6.45, 7) is 2.22. The number of nitriles is 1. The lowest BCUT2D eigenvalue weighted by Gasteiger charge is -2.48. The molecule has 0 radical (unpaired) electrons. The number of fused-ring (bicyclic) bond motifs is 1. The fourth-order valence-corrected chi connectivity index (χ4v) is 6.12. The highest BCUT2D eigenvalue weighted by atomic mass is 79.9. The average molecular weight is 451 g/mol. The highest BCUT2D eigenvalue weighted by Gasteiger charge is 2.47. The van der Waals surface area contributed by atoms with Crippen LogP contribution in [0, 0.1) is 16.7 Å². The van der Waals surface area contributed by atoms with Gasteiger partial charge in [-0.2, -0.15) is 5.26 Å². The molecule has 1 spiro atoms. The number of nitrogens with zero attached hydrogens (tertiary/aromatic N) is 2. The quantitative estimate of drug-likeness (QED) is 0.726. The monoisotopic (exact) mass is 450 g/mol. The second-order valence-electron chi connectivity index (χ2n) is 7.73. The van der Waals surface area contributed by atoms with Gasteiger partial charge in [-0.25, -0.2) is 4.98 Å². The van der Waals surface area contributed by atoms with Gasteiger partial charge in [-0.3, -0.25) is 4.21 Å². The van der Waals surface area contributed by atoms with Crippen molar-refractivity contribution in [2.24, 2.45) is 5.41 Å². The summed E-state index contributed by atoms with van der Waals surface area (Å²) >= 11 is 3.56. The number of aromatic nitrogens is 1. The Morgan fingerprint density at radius 3 is 2.63 bits per heavy atom. The lowest BCUT2D eigenvalue weighted by Crippen LogP contribution is -2.65. The summed E-state index contributed by atoms with van der Waals surface area (Å²) in [5.41, 5.74) is 1.14. The van der Waals surface area contributed by atoms with Gasteiger partial charge in [-0.15, -0.1) is 0 Å². The minimum atomic E-state index is -0.450. The van der Waals surface area contributed by atoms with E-state index < -0.39 is 10.8 Å². The van der Waals surface area contributed by atoms with E-state index >= 15 is 0 Å². The van der Waals surface area contributed by atoms with Crippen molar-refractivity contribution in [3.8, 4) is 6.07 Å². The van der Waals surface area contributed by atoms with Crippen LogP contribution in [0.15, 0.2) is 21.2 Å². The van der Waals surface area contributed by atoms with E-state index in [9.17, 15) is 4.21 Å². The van der Waals surface area contributed by atoms with Crippen molar-refractivity contribution in [3.05, 3.63) is 22.5 Å². The van der Waals surface area contributed by atoms with Crippen LogP contribution in [-0.2, 0) is 10.8 Å². The fourth-order valence-electron chi connectivity index (χ4n) is 3.90. The summed E-state index contributed by atoms with van der Waals surface area (Å²) in [6, 6.07) is 4.25. The van der Waals surface area contributed by atoms with Crippen molar-refractivity contribution >= 4 is 43.5 Å². The standard InChI is InChI=1S/C14H14BrN3O.C5H9NOS/c15-13-11-6-10(7-16)19-12(11)8-17-14(13)18-9-4-2-1-3-5-9;7-8-3-5(4-8)1-6-2-5/h6,8-9H,1-5H2,(H,17,18);6H,1-4H2.